The largest absolute Gasteiger partial charge is 0.481 e. The third-order valence-corrected chi connectivity index (χ3v) is 5.22. The molecule has 12 nitrogen and oxygen atoms in total. The van der Waals surface area contributed by atoms with E-state index in [9.17, 15) is 34.2 Å². The molecule has 0 radical (unpaired) electrons. The number of carboxylic acids is 2. The predicted octanol–water partition coefficient (Wildman–Crippen LogP) is -0.809. The van der Waals surface area contributed by atoms with Gasteiger partial charge in [0, 0.05) is 6.42 Å². The van der Waals surface area contributed by atoms with Crippen LogP contribution in [0.25, 0.3) is 0 Å². The Labute approximate surface area is 193 Å². The van der Waals surface area contributed by atoms with Crippen molar-refractivity contribution in [1.29, 1.82) is 0 Å². The van der Waals surface area contributed by atoms with Crippen molar-refractivity contribution in [2.45, 2.75) is 90.6 Å². The van der Waals surface area contributed by atoms with E-state index < -0.39 is 72.3 Å². The van der Waals surface area contributed by atoms with E-state index in [-0.39, 0.29) is 18.8 Å². The molecule has 0 aliphatic carbocycles. The van der Waals surface area contributed by atoms with Crippen LogP contribution in [0.3, 0.4) is 0 Å². The van der Waals surface area contributed by atoms with E-state index in [2.05, 4.69) is 16.0 Å². The van der Waals surface area contributed by atoms with Gasteiger partial charge >= 0.3 is 11.9 Å². The minimum Gasteiger partial charge on any atom is -0.481 e. The number of aliphatic hydroxyl groups is 1. The average Bonchev–Trinajstić information content (AvgIpc) is 2.71. The molecule has 0 heterocycles. The van der Waals surface area contributed by atoms with Crippen molar-refractivity contribution >= 4 is 29.7 Å². The Morgan fingerprint density at radius 3 is 1.82 bits per heavy atom. The van der Waals surface area contributed by atoms with E-state index in [1.54, 1.807) is 13.8 Å². The van der Waals surface area contributed by atoms with Crippen molar-refractivity contribution < 1.29 is 39.3 Å². The molecule has 6 atom stereocenters. The first-order valence-corrected chi connectivity index (χ1v) is 11.0. The van der Waals surface area contributed by atoms with Crippen LogP contribution >= 0.6 is 0 Å². The van der Waals surface area contributed by atoms with E-state index in [0.29, 0.717) is 6.42 Å². The molecule has 0 saturated carbocycles. The second-order valence-electron chi connectivity index (χ2n) is 8.66. The number of hydrogen-bond acceptors (Lipinski definition) is 7. The van der Waals surface area contributed by atoms with Crippen molar-refractivity contribution in [1.82, 2.24) is 16.0 Å². The standard InChI is InChI=1S/C21H38N4O8/c1-6-11(4)17(20(31)24-14(21(32)33)9-10(2)3)25-18(29)13(7-8-15(27)28)23-19(30)16(22)12(5)26/h10-14,16-17,26H,6-9,22H2,1-5H3,(H,23,30)(H,24,31)(H,25,29)(H,27,28)(H,32,33). The minimum atomic E-state index is -1.34. The van der Waals surface area contributed by atoms with Crippen molar-refractivity contribution in [3.05, 3.63) is 0 Å². The van der Waals surface area contributed by atoms with Gasteiger partial charge < -0.3 is 37.0 Å². The molecule has 6 unspecified atom stereocenters. The summed E-state index contributed by atoms with van der Waals surface area (Å²) in [5.74, 6) is -5.17. The highest BCUT2D eigenvalue weighted by molar-refractivity contribution is 5.94. The first kappa shape index (κ1) is 30.3. The summed E-state index contributed by atoms with van der Waals surface area (Å²) in [5.41, 5.74) is 5.58. The third-order valence-electron chi connectivity index (χ3n) is 5.22. The number of nitrogens with one attached hydrogen (secondary N) is 3. The van der Waals surface area contributed by atoms with Crippen LogP contribution in [0, 0.1) is 11.8 Å². The average molecular weight is 475 g/mol. The molecule has 0 aliphatic rings. The fourth-order valence-corrected chi connectivity index (χ4v) is 2.93. The summed E-state index contributed by atoms with van der Waals surface area (Å²) in [7, 11) is 0. The number of hydrogen-bond donors (Lipinski definition) is 7. The summed E-state index contributed by atoms with van der Waals surface area (Å²) >= 11 is 0. The molecule has 8 N–H and O–H groups in total. The Morgan fingerprint density at radius 2 is 1.39 bits per heavy atom. The molecule has 0 rings (SSSR count). The van der Waals surface area contributed by atoms with Gasteiger partial charge in [-0.2, -0.15) is 0 Å². The molecular formula is C21H38N4O8. The van der Waals surface area contributed by atoms with E-state index >= 15 is 0 Å². The van der Waals surface area contributed by atoms with E-state index in [1.165, 1.54) is 6.92 Å². The topological polar surface area (TPSA) is 208 Å². The summed E-state index contributed by atoms with van der Waals surface area (Å²) in [6.45, 7) is 8.38. The number of carbonyl (C=O) groups excluding carboxylic acids is 3. The Bertz CT molecular complexity index is 698. The van der Waals surface area contributed by atoms with Crippen LogP contribution in [0.2, 0.25) is 0 Å². The van der Waals surface area contributed by atoms with Gasteiger partial charge in [-0.3, -0.25) is 19.2 Å². The van der Waals surface area contributed by atoms with Crippen molar-refractivity contribution in [2.75, 3.05) is 0 Å². The maximum atomic E-state index is 12.9. The zero-order valence-electron chi connectivity index (χ0n) is 19.8. The van der Waals surface area contributed by atoms with E-state index in [4.69, 9.17) is 10.8 Å². The van der Waals surface area contributed by atoms with Gasteiger partial charge in [0.25, 0.3) is 0 Å². The second kappa shape index (κ2) is 14.4. The molecule has 0 aliphatic heterocycles. The fourth-order valence-electron chi connectivity index (χ4n) is 2.93. The summed E-state index contributed by atoms with van der Waals surface area (Å²) in [5, 5.41) is 35.1. The maximum Gasteiger partial charge on any atom is 0.326 e. The number of aliphatic carboxylic acids is 2. The molecule has 12 heteroatoms. The summed E-state index contributed by atoms with van der Waals surface area (Å²) in [4.78, 5) is 60.5. The summed E-state index contributed by atoms with van der Waals surface area (Å²) < 4.78 is 0. The highest BCUT2D eigenvalue weighted by atomic mass is 16.4. The van der Waals surface area contributed by atoms with Gasteiger partial charge in [0.1, 0.15) is 24.2 Å². The zero-order chi connectivity index (χ0) is 25.9. The molecule has 190 valence electrons. The normalized spacial score (nSPS) is 16.6. The SMILES string of the molecule is CCC(C)C(NC(=O)C(CCC(=O)O)NC(=O)C(N)C(C)O)C(=O)NC(CC(C)C)C(=O)O. The van der Waals surface area contributed by atoms with Crippen LogP contribution in [0.4, 0.5) is 0 Å². The van der Waals surface area contributed by atoms with Crippen LogP contribution < -0.4 is 21.7 Å². The predicted molar refractivity (Wildman–Crippen MR) is 119 cm³/mol. The maximum absolute atomic E-state index is 12.9. The smallest absolute Gasteiger partial charge is 0.326 e. The Balaban J connectivity index is 5.63. The second-order valence-corrected chi connectivity index (χ2v) is 8.66. The van der Waals surface area contributed by atoms with E-state index in [1.807, 2.05) is 13.8 Å². The molecule has 0 aromatic heterocycles. The molecule has 0 spiro atoms. The Morgan fingerprint density at radius 1 is 0.848 bits per heavy atom. The summed E-state index contributed by atoms with van der Waals surface area (Å²) in [6, 6.07) is -4.94. The molecule has 0 saturated heterocycles. The van der Waals surface area contributed by atoms with Gasteiger partial charge in [0.2, 0.25) is 17.7 Å². The molecule has 0 bridgehead atoms. The lowest BCUT2D eigenvalue weighted by Crippen LogP contribution is -2.59. The van der Waals surface area contributed by atoms with Gasteiger partial charge in [-0.1, -0.05) is 34.1 Å². The van der Waals surface area contributed by atoms with Crippen molar-refractivity contribution in [2.24, 2.45) is 17.6 Å². The van der Waals surface area contributed by atoms with Gasteiger partial charge in [-0.15, -0.1) is 0 Å². The monoisotopic (exact) mass is 474 g/mol. The molecule has 0 aromatic carbocycles. The quantitative estimate of drug-likeness (QED) is 0.158. The lowest BCUT2D eigenvalue weighted by atomic mass is 9.96. The number of rotatable bonds is 15. The fraction of sp³-hybridized carbons (Fsp3) is 0.762. The Kier molecular flexibility index (Phi) is 13.2. The van der Waals surface area contributed by atoms with Crippen molar-refractivity contribution in [3.63, 3.8) is 0 Å². The first-order valence-electron chi connectivity index (χ1n) is 11.0. The molecule has 0 aromatic rings. The highest BCUT2D eigenvalue weighted by Crippen LogP contribution is 2.12. The minimum absolute atomic E-state index is 0.00298. The third kappa shape index (κ3) is 11.1. The van der Waals surface area contributed by atoms with Gasteiger partial charge in [0.05, 0.1) is 6.10 Å². The molecule has 3 amide bonds. The summed E-state index contributed by atoms with van der Waals surface area (Å²) in [6.07, 6.45) is -1.27. The highest BCUT2D eigenvalue weighted by Gasteiger charge is 2.33. The Hall–Kier alpha value is -2.73. The van der Waals surface area contributed by atoms with Crippen LogP contribution in [0.15, 0.2) is 0 Å². The zero-order valence-corrected chi connectivity index (χ0v) is 19.8. The lowest BCUT2D eigenvalue weighted by Gasteiger charge is -2.28. The number of carbonyl (C=O) groups is 5. The lowest BCUT2D eigenvalue weighted by molar-refractivity contribution is -0.143. The van der Waals surface area contributed by atoms with Crippen LogP contribution in [0.1, 0.15) is 60.3 Å². The molecular weight excluding hydrogens is 436 g/mol. The van der Waals surface area contributed by atoms with Crippen molar-refractivity contribution in [3.8, 4) is 0 Å². The molecule has 33 heavy (non-hydrogen) atoms. The van der Waals surface area contributed by atoms with E-state index in [0.717, 1.165) is 0 Å². The van der Waals surface area contributed by atoms with Crippen LogP contribution in [-0.2, 0) is 24.0 Å². The number of amides is 3. The number of aliphatic hydroxyl groups excluding tert-OH is 1. The van der Waals surface area contributed by atoms with Crippen LogP contribution in [-0.4, -0.2) is 75.3 Å². The van der Waals surface area contributed by atoms with Gasteiger partial charge in [-0.25, -0.2) is 4.79 Å². The van der Waals surface area contributed by atoms with Gasteiger partial charge in [-0.05, 0) is 31.6 Å². The number of nitrogens with two attached hydrogens (primary N) is 1. The first-order chi connectivity index (χ1) is 15.2. The van der Waals surface area contributed by atoms with Gasteiger partial charge in [0.15, 0.2) is 0 Å². The number of carboxylic acid groups (broad SMARTS) is 2. The molecule has 0 fully saturated rings. The van der Waals surface area contributed by atoms with Crippen LogP contribution in [0.5, 0.6) is 0 Å².